The second-order valence-electron chi connectivity index (χ2n) is 6.70. The fourth-order valence-electron chi connectivity index (χ4n) is 3.38. The molecule has 3 aromatic carbocycles. The van der Waals surface area contributed by atoms with E-state index in [-0.39, 0.29) is 6.67 Å². The van der Waals surface area contributed by atoms with E-state index in [4.69, 9.17) is 4.52 Å². The van der Waals surface area contributed by atoms with Gasteiger partial charge < -0.3 is 4.52 Å². The smallest absolute Gasteiger partial charge is 0.195 e. The van der Waals surface area contributed by atoms with Crippen molar-refractivity contribution in [2.75, 3.05) is 6.67 Å². The number of hydrogen-bond donors (Lipinski definition) is 0. The van der Waals surface area contributed by atoms with Gasteiger partial charge in [-0.05, 0) is 36.0 Å². The predicted octanol–water partition coefficient (Wildman–Crippen LogP) is 6.36. The quantitative estimate of drug-likeness (QED) is 0.354. The third kappa shape index (κ3) is 3.86. The minimum atomic E-state index is -0.285. The molecule has 0 N–H and O–H groups in total. The Labute approximate surface area is 163 Å². The van der Waals surface area contributed by atoms with Gasteiger partial charge in [-0.2, -0.15) is 0 Å². The van der Waals surface area contributed by atoms with Crippen molar-refractivity contribution in [1.29, 1.82) is 0 Å². The molecule has 0 aliphatic rings. The van der Waals surface area contributed by atoms with Crippen LogP contribution in [0.4, 0.5) is 4.39 Å². The summed E-state index contributed by atoms with van der Waals surface area (Å²) in [5.74, 6) is 0.651. The van der Waals surface area contributed by atoms with Crippen molar-refractivity contribution >= 4 is 0 Å². The zero-order valence-electron chi connectivity index (χ0n) is 15.5. The maximum Gasteiger partial charge on any atom is 0.195 e. The molecule has 4 rings (SSSR count). The molecule has 0 atom stereocenters. The van der Waals surface area contributed by atoms with Crippen LogP contribution in [-0.4, -0.2) is 17.0 Å². The highest BCUT2D eigenvalue weighted by molar-refractivity contribution is 5.79. The predicted molar refractivity (Wildman–Crippen MR) is 110 cm³/mol. The summed E-state index contributed by atoms with van der Waals surface area (Å²) in [4.78, 5) is 0. The molecule has 0 aliphatic carbocycles. The van der Waals surface area contributed by atoms with Gasteiger partial charge >= 0.3 is 0 Å². The minimum absolute atomic E-state index is 0.285. The van der Waals surface area contributed by atoms with Gasteiger partial charge in [0.05, 0.1) is 6.67 Å². The van der Waals surface area contributed by atoms with E-state index in [1.807, 2.05) is 48.5 Å². The molecule has 4 heteroatoms. The highest BCUT2D eigenvalue weighted by Gasteiger charge is 2.17. The first-order chi connectivity index (χ1) is 13.9. The van der Waals surface area contributed by atoms with Crippen LogP contribution < -0.4 is 0 Å². The Morgan fingerprint density at radius 1 is 0.714 bits per heavy atom. The van der Waals surface area contributed by atoms with Crippen LogP contribution in [0.2, 0.25) is 0 Å². The van der Waals surface area contributed by atoms with Crippen molar-refractivity contribution in [3.8, 4) is 33.7 Å². The molecular weight excluding hydrogens is 351 g/mol. The normalized spacial score (nSPS) is 10.9. The van der Waals surface area contributed by atoms with E-state index in [1.165, 1.54) is 5.56 Å². The molecule has 1 aromatic heterocycles. The summed E-state index contributed by atoms with van der Waals surface area (Å²) in [7, 11) is 0. The molecule has 0 radical (unpaired) electrons. The molecule has 0 bridgehead atoms. The lowest BCUT2D eigenvalue weighted by Gasteiger charge is -2.08. The number of hydrogen-bond acceptors (Lipinski definition) is 3. The number of rotatable bonds is 7. The molecule has 0 unspecified atom stereocenters. The highest BCUT2D eigenvalue weighted by atomic mass is 19.1. The zero-order chi connectivity index (χ0) is 19.2. The summed E-state index contributed by atoms with van der Waals surface area (Å²) in [5.41, 5.74) is 6.09. The first-order valence-corrected chi connectivity index (χ1v) is 9.49. The topological polar surface area (TPSA) is 38.9 Å². The van der Waals surface area contributed by atoms with Gasteiger partial charge in [0.25, 0.3) is 0 Å². The van der Waals surface area contributed by atoms with Crippen LogP contribution in [0, 0.1) is 0 Å². The van der Waals surface area contributed by atoms with Crippen LogP contribution in [0.5, 0.6) is 0 Å². The van der Waals surface area contributed by atoms with Crippen molar-refractivity contribution in [2.24, 2.45) is 0 Å². The molecule has 0 aliphatic heterocycles. The Bertz CT molecular complexity index is 1030. The van der Waals surface area contributed by atoms with Crippen LogP contribution in [0.1, 0.15) is 18.4 Å². The van der Waals surface area contributed by atoms with Crippen LogP contribution >= 0.6 is 0 Å². The molecular formula is C24H21FN2O. The van der Waals surface area contributed by atoms with Crippen LogP contribution in [-0.2, 0) is 6.42 Å². The van der Waals surface area contributed by atoms with Crippen LogP contribution in [0.3, 0.4) is 0 Å². The van der Waals surface area contributed by atoms with Crippen LogP contribution in [0.25, 0.3) is 33.7 Å². The summed E-state index contributed by atoms with van der Waals surface area (Å²) in [6, 6.07) is 26.5. The van der Waals surface area contributed by atoms with Crippen molar-refractivity contribution in [2.45, 2.75) is 19.3 Å². The third-order valence-electron chi connectivity index (χ3n) is 4.84. The second kappa shape index (κ2) is 8.61. The Hall–Kier alpha value is -3.27. The van der Waals surface area contributed by atoms with Gasteiger partial charge in [-0.3, -0.25) is 4.39 Å². The number of halogens is 1. The van der Waals surface area contributed by atoms with Crippen molar-refractivity contribution in [1.82, 2.24) is 10.4 Å². The molecule has 0 amide bonds. The summed E-state index contributed by atoms with van der Waals surface area (Å²) in [5, 5.41) is 8.05. The molecule has 0 saturated heterocycles. The maximum absolute atomic E-state index is 12.5. The van der Waals surface area contributed by atoms with Gasteiger partial charge in [-0.25, -0.2) is 0 Å². The molecule has 0 fully saturated rings. The van der Waals surface area contributed by atoms with Gasteiger partial charge in [-0.15, -0.1) is 5.10 Å². The van der Waals surface area contributed by atoms with E-state index < -0.39 is 0 Å². The Kier molecular flexibility index (Phi) is 5.57. The first kappa shape index (κ1) is 18.1. The van der Waals surface area contributed by atoms with E-state index in [1.54, 1.807) is 0 Å². The van der Waals surface area contributed by atoms with Gasteiger partial charge in [-0.1, -0.05) is 78.9 Å². The minimum Gasteiger partial charge on any atom is -0.336 e. The molecule has 0 spiro atoms. The van der Waals surface area contributed by atoms with Gasteiger partial charge in [0, 0.05) is 16.4 Å². The summed E-state index contributed by atoms with van der Waals surface area (Å²) in [6.07, 6.45) is 2.18. The van der Waals surface area contributed by atoms with Crippen molar-refractivity contribution in [3.05, 3.63) is 84.4 Å². The van der Waals surface area contributed by atoms with Crippen molar-refractivity contribution in [3.63, 3.8) is 0 Å². The second-order valence-corrected chi connectivity index (χ2v) is 6.70. The van der Waals surface area contributed by atoms with E-state index >= 15 is 0 Å². The fraction of sp³-hybridized carbons (Fsp3) is 0.167. The lowest BCUT2D eigenvalue weighted by atomic mass is 9.96. The Morgan fingerprint density at radius 3 is 2.18 bits per heavy atom. The summed E-state index contributed by atoms with van der Waals surface area (Å²) in [6.45, 7) is -0.285. The van der Waals surface area contributed by atoms with Gasteiger partial charge in [0.1, 0.15) is 5.69 Å². The average molecular weight is 372 g/mol. The van der Waals surface area contributed by atoms with E-state index in [0.717, 1.165) is 40.8 Å². The maximum atomic E-state index is 12.5. The monoisotopic (exact) mass is 372 g/mol. The molecule has 4 aromatic rings. The fourth-order valence-corrected chi connectivity index (χ4v) is 3.38. The van der Waals surface area contributed by atoms with Crippen LogP contribution in [0.15, 0.2) is 83.4 Å². The van der Waals surface area contributed by atoms with Gasteiger partial charge in [0.2, 0.25) is 0 Å². The number of alkyl halides is 1. The van der Waals surface area contributed by atoms with E-state index in [2.05, 4.69) is 40.7 Å². The summed E-state index contributed by atoms with van der Waals surface area (Å²) >= 11 is 0. The standard InChI is InChI=1S/C24H21FN2O/c25-17-7-6-11-20-10-4-5-12-22(20)23-24(28-27-26-23)21-15-13-19(14-16-21)18-8-2-1-3-9-18/h1-5,8-10,12-16H,6-7,11,17H2. The third-order valence-corrected chi connectivity index (χ3v) is 4.84. The lowest BCUT2D eigenvalue weighted by Crippen LogP contribution is -1.93. The number of aryl methyl sites for hydroxylation is 1. The Morgan fingerprint density at radius 2 is 1.39 bits per heavy atom. The number of unbranched alkanes of at least 4 members (excludes halogenated alkanes) is 1. The Balaban J connectivity index is 1.65. The SMILES string of the molecule is FCCCCc1ccccc1-c1nnoc1-c1ccc(-c2ccccc2)cc1. The number of benzene rings is 3. The lowest BCUT2D eigenvalue weighted by molar-refractivity contribution is 0.403. The van der Waals surface area contributed by atoms with Crippen molar-refractivity contribution < 1.29 is 8.91 Å². The molecule has 28 heavy (non-hydrogen) atoms. The zero-order valence-corrected chi connectivity index (χ0v) is 15.5. The molecule has 1 heterocycles. The molecule has 3 nitrogen and oxygen atoms in total. The average Bonchev–Trinajstić information content (AvgIpc) is 3.25. The summed E-state index contributed by atoms with van der Waals surface area (Å²) < 4.78 is 18.0. The number of aromatic nitrogens is 2. The van der Waals surface area contributed by atoms with E-state index in [9.17, 15) is 4.39 Å². The molecule has 0 saturated carbocycles. The highest BCUT2D eigenvalue weighted by Crippen LogP contribution is 2.33. The largest absolute Gasteiger partial charge is 0.336 e. The molecule has 140 valence electrons. The van der Waals surface area contributed by atoms with Gasteiger partial charge in [0.15, 0.2) is 5.76 Å². The van der Waals surface area contributed by atoms with E-state index in [0.29, 0.717) is 12.2 Å². The number of nitrogens with zero attached hydrogens (tertiary/aromatic N) is 2. The first-order valence-electron chi connectivity index (χ1n) is 9.49.